The van der Waals surface area contributed by atoms with E-state index in [1.807, 2.05) is 0 Å². The number of anilines is 1. The van der Waals surface area contributed by atoms with E-state index in [2.05, 4.69) is 5.32 Å². The predicted octanol–water partition coefficient (Wildman–Crippen LogP) is 2.93. The van der Waals surface area contributed by atoms with Gasteiger partial charge in [0.1, 0.15) is 0 Å². The highest BCUT2D eigenvalue weighted by atomic mass is 35.5. The number of urea groups is 1. The summed E-state index contributed by atoms with van der Waals surface area (Å²) >= 11 is 11.7. The molecule has 0 saturated heterocycles. The second-order valence-corrected chi connectivity index (χ2v) is 4.38. The highest BCUT2D eigenvalue weighted by Crippen LogP contribution is 2.29. The van der Waals surface area contributed by atoms with E-state index < -0.39 is 12.0 Å². The quantitative estimate of drug-likeness (QED) is 0.896. The van der Waals surface area contributed by atoms with E-state index in [0.29, 0.717) is 10.7 Å². The minimum Gasteiger partial charge on any atom is -0.481 e. The van der Waals surface area contributed by atoms with Gasteiger partial charge >= 0.3 is 12.0 Å². The summed E-state index contributed by atoms with van der Waals surface area (Å²) in [4.78, 5) is 23.4. The molecule has 0 spiro atoms. The Labute approximate surface area is 114 Å². The number of amides is 2. The lowest BCUT2D eigenvalue weighted by atomic mass is 10.3. The van der Waals surface area contributed by atoms with E-state index in [9.17, 15) is 9.59 Å². The van der Waals surface area contributed by atoms with Crippen molar-refractivity contribution in [3.63, 3.8) is 0 Å². The number of hydrogen-bond acceptors (Lipinski definition) is 2. The molecule has 0 atom stereocenters. The number of hydrogen-bond donors (Lipinski definition) is 2. The summed E-state index contributed by atoms with van der Waals surface area (Å²) in [6.07, 6.45) is -0.118. The predicted molar refractivity (Wildman–Crippen MR) is 70.4 cm³/mol. The zero-order chi connectivity index (χ0) is 13.7. The SMILES string of the molecule is CN(CCC(=O)O)C(=O)Nc1cccc(Cl)c1Cl. The third-order valence-corrected chi connectivity index (χ3v) is 3.02. The molecule has 0 aliphatic heterocycles. The second-order valence-electron chi connectivity index (χ2n) is 3.60. The van der Waals surface area contributed by atoms with Crippen LogP contribution in [0.2, 0.25) is 10.0 Å². The van der Waals surface area contributed by atoms with Gasteiger partial charge in [-0.25, -0.2) is 4.79 Å². The highest BCUT2D eigenvalue weighted by molar-refractivity contribution is 6.43. The lowest BCUT2D eigenvalue weighted by Gasteiger charge is -2.17. The fourth-order valence-electron chi connectivity index (χ4n) is 1.18. The summed E-state index contributed by atoms with van der Waals surface area (Å²) in [6.45, 7) is 0.110. The summed E-state index contributed by atoms with van der Waals surface area (Å²) in [7, 11) is 1.50. The lowest BCUT2D eigenvalue weighted by Crippen LogP contribution is -2.33. The van der Waals surface area contributed by atoms with Crippen molar-refractivity contribution in [3.8, 4) is 0 Å². The van der Waals surface area contributed by atoms with Crippen molar-refractivity contribution in [1.29, 1.82) is 0 Å². The molecule has 2 N–H and O–H groups in total. The van der Waals surface area contributed by atoms with Crippen LogP contribution in [0, 0.1) is 0 Å². The van der Waals surface area contributed by atoms with Crippen LogP contribution in [0.5, 0.6) is 0 Å². The number of benzene rings is 1. The van der Waals surface area contributed by atoms with Crippen molar-refractivity contribution in [1.82, 2.24) is 4.90 Å². The summed E-state index contributed by atoms with van der Waals surface area (Å²) in [5, 5.41) is 11.7. The Kier molecular flexibility index (Phi) is 5.25. The maximum absolute atomic E-state index is 11.7. The second kappa shape index (κ2) is 6.47. The fraction of sp³-hybridized carbons (Fsp3) is 0.273. The molecule has 0 radical (unpaired) electrons. The average Bonchev–Trinajstić information content (AvgIpc) is 2.31. The smallest absolute Gasteiger partial charge is 0.321 e. The average molecular weight is 291 g/mol. The molecule has 98 valence electrons. The normalized spacial score (nSPS) is 9.94. The molecular formula is C11H12Cl2N2O3. The molecule has 2 amide bonds. The highest BCUT2D eigenvalue weighted by Gasteiger charge is 2.12. The van der Waals surface area contributed by atoms with Crippen LogP contribution in [0.15, 0.2) is 18.2 Å². The minimum atomic E-state index is -0.963. The molecule has 0 saturated carbocycles. The first-order chi connectivity index (χ1) is 8.41. The van der Waals surface area contributed by atoms with Crippen molar-refractivity contribution < 1.29 is 14.7 Å². The van der Waals surface area contributed by atoms with Crippen LogP contribution >= 0.6 is 23.2 Å². The summed E-state index contributed by atoms with van der Waals surface area (Å²) in [5.74, 6) is -0.963. The zero-order valence-corrected chi connectivity index (χ0v) is 11.1. The molecule has 1 aromatic carbocycles. The van der Waals surface area contributed by atoms with Gasteiger partial charge < -0.3 is 15.3 Å². The van der Waals surface area contributed by atoms with Crippen LogP contribution < -0.4 is 5.32 Å². The van der Waals surface area contributed by atoms with Crippen LogP contribution in [0.4, 0.5) is 10.5 Å². The van der Waals surface area contributed by atoms with E-state index in [1.165, 1.54) is 11.9 Å². The van der Waals surface area contributed by atoms with E-state index in [-0.39, 0.29) is 18.0 Å². The van der Waals surface area contributed by atoms with Gasteiger partial charge in [-0.15, -0.1) is 0 Å². The van der Waals surface area contributed by atoms with E-state index in [1.54, 1.807) is 18.2 Å². The molecule has 0 aliphatic rings. The molecule has 0 aliphatic carbocycles. The van der Waals surface area contributed by atoms with Gasteiger partial charge in [-0.1, -0.05) is 29.3 Å². The van der Waals surface area contributed by atoms with Crippen LogP contribution in [-0.4, -0.2) is 35.6 Å². The van der Waals surface area contributed by atoms with Gasteiger partial charge in [0.2, 0.25) is 0 Å². The largest absolute Gasteiger partial charge is 0.481 e. The summed E-state index contributed by atoms with van der Waals surface area (Å²) in [5.41, 5.74) is 0.386. The van der Waals surface area contributed by atoms with E-state index in [4.69, 9.17) is 28.3 Å². The number of nitrogens with one attached hydrogen (secondary N) is 1. The first-order valence-electron chi connectivity index (χ1n) is 5.09. The Morgan fingerprint density at radius 2 is 2.06 bits per heavy atom. The molecule has 18 heavy (non-hydrogen) atoms. The lowest BCUT2D eigenvalue weighted by molar-refractivity contribution is -0.137. The Balaban J connectivity index is 2.64. The number of carbonyl (C=O) groups is 2. The third-order valence-electron chi connectivity index (χ3n) is 2.20. The van der Waals surface area contributed by atoms with E-state index in [0.717, 1.165) is 0 Å². The molecule has 5 nitrogen and oxygen atoms in total. The standard InChI is InChI=1S/C11H12Cl2N2O3/c1-15(6-5-9(16)17)11(18)14-8-4-2-3-7(12)10(8)13/h2-4H,5-6H2,1H3,(H,14,18)(H,16,17). The number of nitrogens with zero attached hydrogens (tertiary/aromatic N) is 1. The molecule has 0 aromatic heterocycles. The van der Waals surface area contributed by atoms with Crippen molar-refractivity contribution >= 4 is 40.9 Å². The van der Waals surface area contributed by atoms with Crippen LogP contribution in [0.1, 0.15) is 6.42 Å². The first-order valence-corrected chi connectivity index (χ1v) is 5.85. The monoisotopic (exact) mass is 290 g/mol. The molecule has 0 fully saturated rings. The van der Waals surface area contributed by atoms with Crippen molar-refractivity contribution in [2.24, 2.45) is 0 Å². The number of carboxylic acids is 1. The number of carbonyl (C=O) groups excluding carboxylic acids is 1. The molecule has 0 heterocycles. The van der Waals surface area contributed by atoms with Gasteiger partial charge in [0.15, 0.2) is 0 Å². The Morgan fingerprint density at radius 3 is 2.67 bits per heavy atom. The number of aliphatic carboxylic acids is 1. The van der Waals surface area contributed by atoms with Crippen LogP contribution in [0.25, 0.3) is 0 Å². The van der Waals surface area contributed by atoms with Gasteiger partial charge in [-0.2, -0.15) is 0 Å². The van der Waals surface area contributed by atoms with Gasteiger partial charge in [-0.05, 0) is 12.1 Å². The molecular weight excluding hydrogens is 279 g/mol. The molecule has 1 aromatic rings. The molecule has 7 heteroatoms. The molecule has 0 bridgehead atoms. The van der Waals surface area contributed by atoms with Crippen molar-refractivity contribution in [3.05, 3.63) is 28.2 Å². The first kappa shape index (κ1) is 14.6. The van der Waals surface area contributed by atoms with Crippen LogP contribution in [0.3, 0.4) is 0 Å². The third kappa shape index (κ3) is 4.09. The van der Waals surface area contributed by atoms with Crippen LogP contribution in [-0.2, 0) is 4.79 Å². The summed E-state index contributed by atoms with van der Waals surface area (Å²) < 4.78 is 0. The number of carboxylic acid groups (broad SMARTS) is 1. The van der Waals surface area contributed by atoms with Gasteiger partial charge in [-0.3, -0.25) is 4.79 Å². The number of halogens is 2. The van der Waals surface area contributed by atoms with Gasteiger partial charge in [0.25, 0.3) is 0 Å². The molecule has 0 unspecified atom stereocenters. The number of rotatable bonds is 4. The maximum atomic E-state index is 11.7. The van der Waals surface area contributed by atoms with E-state index >= 15 is 0 Å². The van der Waals surface area contributed by atoms with Gasteiger partial charge in [0, 0.05) is 13.6 Å². The van der Waals surface area contributed by atoms with Crippen molar-refractivity contribution in [2.75, 3.05) is 18.9 Å². The Hall–Kier alpha value is -1.46. The maximum Gasteiger partial charge on any atom is 0.321 e. The minimum absolute atomic E-state index is 0.110. The Morgan fingerprint density at radius 1 is 1.39 bits per heavy atom. The van der Waals surface area contributed by atoms with Crippen molar-refractivity contribution in [2.45, 2.75) is 6.42 Å². The Bertz CT molecular complexity index is 466. The fourth-order valence-corrected chi connectivity index (χ4v) is 1.52. The topological polar surface area (TPSA) is 69.6 Å². The summed E-state index contributed by atoms with van der Waals surface area (Å²) in [6, 6.07) is 4.42. The van der Waals surface area contributed by atoms with Gasteiger partial charge in [0.05, 0.1) is 22.2 Å². The molecule has 1 rings (SSSR count). The zero-order valence-electron chi connectivity index (χ0n) is 9.61.